The fourth-order valence-corrected chi connectivity index (χ4v) is 5.23. The van der Waals surface area contributed by atoms with Crippen LogP contribution in [0.4, 0.5) is 0 Å². The SMILES string of the molecule is NC(=O)C(=O)N1C[C@@H](c2ccc3c(c2)OCO3)[C@@H]2[C@H]1C1CCN2CC1. The van der Waals surface area contributed by atoms with Crippen molar-refractivity contribution in [1.82, 2.24) is 9.80 Å². The second-order valence-corrected chi connectivity index (χ2v) is 7.40. The quantitative estimate of drug-likeness (QED) is 0.741. The summed E-state index contributed by atoms with van der Waals surface area (Å²) in [4.78, 5) is 28.2. The molecule has 0 aliphatic carbocycles. The first-order valence-corrected chi connectivity index (χ1v) is 8.87. The van der Waals surface area contributed by atoms with Crippen molar-refractivity contribution in [1.29, 1.82) is 0 Å². The topological polar surface area (TPSA) is 85.1 Å². The van der Waals surface area contributed by atoms with Crippen molar-refractivity contribution in [2.24, 2.45) is 11.7 Å². The molecule has 7 heteroatoms. The Kier molecular flexibility index (Phi) is 3.22. The molecule has 5 aliphatic rings. The largest absolute Gasteiger partial charge is 0.454 e. The van der Waals surface area contributed by atoms with E-state index in [1.54, 1.807) is 4.90 Å². The summed E-state index contributed by atoms with van der Waals surface area (Å²) < 4.78 is 10.9. The Hall–Kier alpha value is -2.28. The fourth-order valence-electron chi connectivity index (χ4n) is 5.23. The smallest absolute Gasteiger partial charge is 0.311 e. The summed E-state index contributed by atoms with van der Waals surface area (Å²) in [5.74, 6) is 0.718. The second-order valence-electron chi connectivity index (χ2n) is 7.40. The summed E-state index contributed by atoms with van der Waals surface area (Å²) in [6.45, 7) is 2.90. The lowest BCUT2D eigenvalue weighted by Gasteiger charge is -2.51. The van der Waals surface area contributed by atoms with Gasteiger partial charge in [-0.1, -0.05) is 6.07 Å². The van der Waals surface area contributed by atoms with Crippen molar-refractivity contribution in [3.8, 4) is 11.5 Å². The van der Waals surface area contributed by atoms with Crippen LogP contribution in [0.1, 0.15) is 24.3 Å². The van der Waals surface area contributed by atoms with Crippen LogP contribution in [-0.4, -0.2) is 60.1 Å². The third-order valence-corrected chi connectivity index (χ3v) is 6.29. The Balaban J connectivity index is 1.53. The Morgan fingerprint density at radius 1 is 1.08 bits per heavy atom. The number of hydrogen-bond donors (Lipinski definition) is 1. The standard InChI is InChI=1S/C18H21N3O4/c19-17(22)18(23)21-8-12(11-1-2-13-14(7-11)25-9-24-13)16-15(21)10-3-5-20(16)6-4-10/h1-2,7,10,12,15-16H,3-6,8-9H2,(H2,19,22)/t12-,15+,16+/m0/s1. The second kappa shape index (κ2) is 5.36. The maximum absolute atomic E-state index is 12.4. The van der Waals surface area contributed by atoms with E-state index in [-0.39, 0.29) is 24.8 Å². The van der Waals surface area contributed by atoms with Gasteiger partial charge in [0.15, 0.2) is 11.5 Å². The molecule has 1 aromatic rings. The number of fused-ring (bicyclic) bond motifs is 3. The van der Waals surface area contributed by atoms with Crippen molar-refractivity contribution < 1.29 is 19.1 Å². The van der Waals surface area contributed by atoms with Crippen LogP contribution in [0.2, 0.25) is 0 Å². The average Bonchev–Trinajstić information content (AvgIpc) is 3.27. The molecule has 0 radical (unpaired) electrons. The van der Waals surface area contributed by atoms with Crippen LogP contribution in [0.5, 0.6) is 11.5 Å². The number of likely N-dealkylation sites (tertiary alicyclic amines) is 1. The van der Waals surface area contributed by atoms with Crippen molar-refractivity contribution in [2.45, 2.75) is 30.8 Å². The molecule has 6 rings (SSSR count). The zero-order valence-electron chi connectivity index (χ0n) is 13.9. The zero-order chi connectivity index (χ0) is 17.1. The third-order valence-electron chi connectivity index (χ3n) is 6.29. The van der Waals surface area contributed by atoms with Gasteiger partial charge in [-0.3, -0.25) is 14.5 Å². The average molecular weight is 343 g/mol. The number of primary amides is 1. The molecule has 2 bridgehead atoms. The number of nitrogens with two attached hydrogens (primary N) is 1. The minimum Gasteiger partial charge on any atom is -0.454 e. The zero-order valence-corrected chi connectivity index (χ0v) is 13.9. The number of benzene rings is 1. The Morgan fingerprint density at radius 2 is 1.84 bits per heavy atom. The van der Waals surface area contributed by atoms with Crippen LogP contribution >= 0.6 is 0 Å². The molecule has 4 fully saturated rings. The van der Waals surface area contributed by atoms with Gasteiger partial charge in [0, 0.05) is 18.5 Å². The van der Waals surface area contributed by atoms with Gasteiger partial charge in [-0.2, -0.15) is 0 Å². The Bertz CT molecular complexity index is 744. The van der Waals surface area contributed by atoms with E-state index < -0.39 is 11.8 Å². The van der Waals surface area contributed by atoms with E-state index in [0.717, 1.165) is 43.0 Å². The van der Waals surface area contributed by atoms with Gasteiger partial charge in [0.05, 0.1) is 6.04 Å². The highest BCUT2D eigenvalue weighted by atomic mass is 16.7. The van der Waals surface area contributed by atoms with E-state index >= 15 is 0 Å². The first-order chi connectivity index (χ1) is 12.1. The number of carbonyl (C=O) groups excluding carboxylic acids is 2. The van der Waals surface area contributed by atoms with Gasteiger partial charge < -0.3 is 20.1 Å². The van der Waals surface area contributed by atoms with E-state index in [2.05, 4.69) is 11.0 Å². The summed E-state index contributed by atoms with van der Waals surface area (Å²) in [6.07, 6.45) is 2.16. The summed E-state index contributed by atoms with van der Waals surface area (Å²) in [5, 5.41) is 0. The Labute approximate surface area is 145 Å². The van der Waals surface area contributed by atoms with E-state index in [1.165, 1.54) is 0 Å². The number of piperidine rings is 3. The number of nitrogens with zero attached hydrogens (tertiary/aromatic N) is 2. The molecular weight excluding hydrogens is 322 g/mol. The van der Waals surface area contributed by atoms with Crippen LogP contribution in [0.25, 0.3) is 0 Å². The molecule has 0 unspecified atom stereocenters. The molecular formula is C18H21N3O4. The van der Waals surface area contributed by atoms with Gasteiger partial charge in [-0.15, -0.1) is 0 Å². The number of carbonyl (C=O) groups is 2. The van der Waals surface area contributed by atoms with Crippen molar-refractivity contribution in [3.63, 3.8) is 0 Å². The fraction of sp³-hybridized carbons (Fsp3) is 0.556. The molecule has 5 heterocycles. The van der Waals surface area contributed by atoms with Crippen LogP contribution in [0.3, 0.4) is 0 Å². The Morgan fingerprint density at radius 3 is 2.60 bits per heavy atom. The van der Waals surface area contributed by atoms with Crippen molar-refractivity contribution >= 4 is 11.8 Å². The molecule has 132 valence electrons. The molecule has 2 amide bonds. The number of hydrogen-bond acceptors (Lipinski definition) is 5. The van der Waals surface area contributed by atoms with Gasteiger partial charge in [0.1, 0.15) is 0 Å². The van der Waals surface area contributed by atoms with Gasteiger partial charge in [-0.25, -0.2) is 0 Å². The normalized spacial score (nSPS) is 34.9. The van der Waals surface area contributed by atoms with Crippen LogP contribution in [0.15, 0.2) is 18.2 Å². The van der Waals surface area contributed by atoms with Crippen molar-refractivity contribution in [3.05, 3.63) is 23.8 Å². The first kappa shape index (κ1) is 15.0. The van der Waals surface area contributed by atoms with Crippen LogP contribution in [-0.2, 0) is 9.59 Å². The van der Waals surface area contributed by atoms with Crippen LogP contribution < -0.4 is 15.2 Å². The summed E-state index contributed by atoms with van der Waals surface area (Å²) >= 11 is 0. The summed E-state index contributed by atoms with van der Waals surface area (Å²) in [6, 6.07) is 6.33. The van der Waals surface area contributed by atoms with Gasteiger partial charge in [-0.05, 0) is 49.5 Å². The summed E-state index contributed by atoms with van der Waals surface area (Å²) in [7, 11) is 0. The van der Waals surface area contributed by atoms with Crippen molar-refractivity contribution in [2.75, 3.05) is 26.4 Å². The van der Waals surface area contributed by atoms with E-state index in [0.29, 0.717) is 12.5 Å². The minimum atomic E-state index is -0.860. The van der Waals surface area contributed by atoms with E-state index in [4.69, 9.17) is 15.2 Å². The number of ether oxygens (including phenoxy) is 2. The molecule has 2 N–H and O–H groups in total. The van der Waals surface area contributed by atoms with Crippen LogP contribution in [0, 0.1) is 5.92 Å². The molecule has 5 aliphatic heterocycles. The number of rotatable bonds is 1. The molecule has 25 heavy (non-hydrogen) atoms. The maximum Gasteiger partial charge on any atom is 0.311 e. The van der Waals surface area contributed by atoms with Gasteiger partial charge >= 0.3 is 11.8 Å². The molecule has 1 aromatic carbocycles. The highest BCUT2D eigenvalue weighted by molar-refractivity contribution is 6.34. The minimum absolute atomic E-state index is 0.0814. The lowest BCUT2D eigenvalue weighted by molar-refractivity contribution is -0.147. The van der Waals surface area contributed by atoms with Gasteiger partial charge in [0.2, 0.25) is 6.79 Å². The van der Waals surface area contributed by atoms with E-state index in [9.17, 15) is 9.59 Å². The third kappa shape index (κ3) is 2.15. The van der Waals surface area contributed by atoms with Gasteiger partial charge in [0.25, 0.3) is 0 Å². The maximum atomic E-state index is 12.4. The number of amides is 2. The lowest BCUT2D eigenvalue weighted by atomic mass is 9.75. The van der Waals surface area contributed by atoms with E-state index in [1.807, 2.05) is 12.1 Å². The summed E-state index contributed by atoms with van der Waals surface area (Å²) in [5.41, 5.74) is 6.44. The molecule has 0 saturated carbocycles. The predicted octanol–water partition coefficient (Wildman–Crippen LogP) is 0.289. The highest BCUT2D eigenvalue weighted by Gasteiger charge is 2.55. The molecule has 0 spiro atoms. The first-order valence-electron chi connectivity index (χ1n) is 8.87. The lowest BCUT2D eigenvalue weighted by Crippen LogP contribution is -2.61. The highest BCUT2D eigenvalue weighted by Crippen LogP contribution is 2.47. The molecule has 4 saturated heterocycles. The molecule has 7 nitrogen and oxygen atoms in total. The predicted molar refractivity (Wildman–Crippen MR) is 88.1 cm³/mol. The monoisotopic (exact) mass is 343 g/mol. The molecule has 3 atom stereocenters. The molecule has 0 aromatic heterocycles.